The summed E-state index contributed by atoms with van der Waals surface area (Å²) in [6, 6.07) is 8.74. The van der Waals surface area contributed by atoms with Crippen LogP contribution >= 0.6 is 0 Å². The summed E-state index contributed by atoms with van der Waals surface area (Å²) in [7, 11) is 0. The summed E-state index contributed by atoms with van der Waals surface area (Å²) in [4.78, 5) is 25.2. The molecule has 0 bridgehead atoms. The summed E-state index contributed by atoms with van der Waals surface area (Å²) in [5.41, 5.74) is 0.819. The minimum absolute atomic E-state index is 0.141. The van der Waals surface area contributed by atoms with Crippen molar-refractivity contribution in [1.82, 2.24) is 10.2 Å². The highest BCUT2D eigenvalue weighted by Crippen LogP contribution is 2.23. The molecule has 1 aromatic rings. The average molecular weight is 230 g/mol. The van der Waals surface area contributed by atoms with Crippen LogP contribution in [-0.2, 0) is 9.59 Å². The van der Waals surface area contributed by atoms with E-state index < -0.39 is 6.04 Å². The van der Waals surface area contributed by atoms with Gasteiger partial charge >= 0.3 is 0 Å². The number of hydrogen-bond acceptors (Lipinski definition) is 2. The maximum Gasteiger partial charge on any atom is 0.247 e. The van der Waals surface area contributed by atoms with Gasteiger partial charge in [-0.15, -0.1) is 0 Å². The van der Waals surface area contributed by atoms with E-state index in [4.69, 9.17) is 0 Å². The number of carbonyl (C=O) groups excluding carboxylic acids is 2. The molecule has 1 saturated heterocycles. The Kier molecular flexibility index (Phi) is 3.23. The first-order valence-corrected chi connectivity index (χ1v) is 5.49. The molecule has 2 rings (SSSR count). The van der Waals surface area contributed by atoms with Crippen LogP contribution in [0.25, 0.3) is 0 Å². The number of rotatable bonds is 2. The van der Waals surface area contributed by atoms with Crippen molar-refractivity contribution in [2.24, 2.45) is 0 Å². The van der Waals surface area contributed by atoms with Gasteiger partial charge in [0.2, 0.25) is 11.8 Å². The molecule has 1 atom stereocenters. The SMILES string of the molecule is C=CC(=O)N1CCNC(=O)C1c1ccccc1. The van der Waals surface area contributed by atoms with Crippen LogP contribution in [0.3, 0.4) is 0 Å². The largest absolute Gasteiger partial charge is 0.352 e. The molecule has 88 valence electrons. The Bertz CT molecular complexity index is 442. The van der Waals surface area contributed by atoms with Crippen molar-refractivity contribution in [3.8, 4) is 0 Å². The lowest BCUT2D eigenvalue weighted by Gasteiger charge is -2.34. The minimum atomic E-state index is -0.546. The quantitative estimate of drug-likeness (QED) is 0.766. The average Bonchev–Trinajstić information content (AvgIpc) is 2.38. The van der Waals surface area contributed by atoms with E-state index >= 15 is 0 Å². The molecule has 0 spiro atoms. The van der Waals surface area contributed by atoms with Gasteiger partial charge < -0.3 is 10.2 Å². The first-order valence-electron chi connectivity index (χ1n) is 5.49. The zero-order valence-electron chi connectivity index (χ0n) is 9.43. The van der Waals surface area contributed by atoms with Crippen molar-refractivity contribution >= 4 is 11.8 Å². The van der Waals surface area contributed by atoms with E-state index in [-0.39, 0.29) is 11.8 Å². The number of nitrogens with zero attached hydrogens (tertiary/aromatic N) is 1. The third kappa shape index (κ3) is 2.20. The summed E-state index contributed by atoms with van der Waals surface area (Å²) >= 11 is 0. The molecule has 2 amide bonds. The molecule has 0 aromatic heterocycles. The Morgan fingerprint density at radius 3 is 2.76 bits per heavy atom. The zero-order valence-corrected chi connectivity index (χ0v) is 9.43. The maximum absolute atomic E-state index is 11.9. The first-order chi connectivity index (χ1) is 8.24. The molecule has 0 aliphatic carbocycles. The summed E-state index contributed by atoms with van der Waals surface area (Å²) in [5.74, 6) is -0.355. The van der Waals surface area contributed by atoms with Crippen molar-refractivity contribution in [3.05, 3.63) is 48.6 Å². The van der Waals surface area contributed by atoms with Crippen LogP contribution in [0.2, 0.25) is 0 Å². The van der Waals surface area contributed by atoms with Gasteiger partial charge in [-0.05, 0) is 11.6 Å². The smallest absolute Gasteiger partial charge is 0.247 e. The van der Waals surface area contributed by atoms with Crippen LogP contribution in [-0.4, -0.2) is 29.8 Å². The Hall–Kier alpha value is -2.10. The zero-order chi connectivity index (χ0) is 12.3. The van der Waals surface area contributed by atoms with E-state index in [0.717, 1.165) is 5.56 Å². The standard InChI is InChI=1S/C13H14N2O2/c1-2-11(16)15-9-8-14-13(17)12(15)10-6-4-3-5-7-10/h2-7,12H,1,8-9H2,(H,14,17). The monoisotopic (exact) mass is 230 g/mol. The van der Waals surface area contributed by atoms with E-state index in [0.29, 0.717) is 13.1 Å². The molecule has 4 heteroatoms. The highest BCUT2D eigenvalue weighted by molar-refractivity contribution is 5.94. The fourth-order valence-corrected chi connectivity index (χ4v) is 1.99. The molecule has 0 radical (unpaired) electrons. The fourth-order valence-electron chi connectivity index (χ4n) is 1.99. The lowest BCUT2D eigenvalue weighted by Crippen LogP contribution is -2.51. The minimum Gasteiger partial charge on any atom is -0.352 e. The molecule has 17 heavy (non-hydrogen) atoms. The predicted octanol–water partition coefficient (Wildman–Crippen LogP) is 0.872. The Morgan fingerprint density at radius 1 is 1.41 bits per heavy atom. The molecule has 1 heterocycles. The third-order valence-electron chi connectivity index (χ3n) is 2.78. The number of benzene rings is 1. The second-order valence-corrected chi connectivity index (χ2v) is 3.84. The van der Waals surface area contributed by atoms with Crippen molar-refractivity contribution in [2.45, 2.75) is 6.04 Å². The summed E-state index contributed by atoms with van der Waals surface area (Å²) in [6.45, 7) is 4.46. The molecule has 1 unspecified atom stereocenters. The van der Waals surface area contributed by atoms with Crippen LogP contribution in [0, 0.1) is 0 Å². The van der Waals surface area contributed by atoms with Gasteiger partial charge in [0.15, 0.2) is 0 Å². The number of hydrogen-bond donors (Lipinski definition) is 1. The van der Waals surface area contributed by atoms with E-state index in [9.17, 15) is 9.59 Å². The van der Waals surface area contributed by atoms with Gasteiger partial charge in [0.05, 0.1) is 0 Å². The van der Waals surface area contributed by atoms with E-state index in [2.05, 4.69) is 11.9 Å². The highest BCUT2D eigenvalue weighted by atomic mass is 16.2. The molecule has 1 aromatic carbocycles. The van der Waals surface area contributed by atoms with Crippen LogP contribution in [0.1, 0.15) is 11.6 Å². The second-order valence-electron chi connectivity index (χ2n) is 3.84. The molecule has 0 saturated carbocycles. The Labute approximate surface area is 99.9 Å². The lowest BCUT2D eigenvalue weighted by molar-refractivity contribution is -0.140. The molecular weight excluding hydrogens is 216 g/mol. The van der Waals surface area contributed by atoms with E-state index in [1.54, 1.807) is 4.90 Å². The van der Waals surface area contributed by atoms with Gasteiger partial charge in [0, 0.05) is 13.1 Å². The van der Waals surface area contributed by atoms with Gasteiger partial charge in [-0.1, -0.05) is 36.9 Å². The van der Waals surface area contributed by atoms with Gasteiger partial charge in [0.25, 0.3) is 0 Å². The summed E-state index contributed by atoms with van der Waals surface area (Å²) in [6.07, 6.45) is 1.24. The van der Waals surface area contributed by atoms with Crippen molar-refractivity contribution in [2.75, 3.05) is 13.1 Å². The number of amides is 2. The van der Waals surface area contributed by atoms with Crippen molar-refractivity contribution in [3.63, 3.8) is 0 Å². The highest BCUT2D eigenvalue weighted by Gasteiger charge is 2.32. The van der Waals surface area contributed by atoms with Crippen LogP contribution in [0.4, 0.5) is 0 Å². The van der Waals surface area contributed by atoms with E-state index in [1.807, 2.05) is 30.3 Å². The van der Waals surface area contributed by atoms with Crippen LogP contribution in [0.15, 0.2) is 43.0 Å². The van der Waals surface area contributed by atoms with Gasteiger partial charge in [0.1, 0.15) is 6.04 Å². The van der Waals surface area contributed by atoms with Gasteiger partial charge in [-0.3, -0.25) is 9.59 Å². The topological polar surface area (TPSA) is 49.4 Å². The van der Waals surface area contributed by atoms with Crippen molar-refractivity contribution < 1.29 is 9.59 Å². The molecule has 1 fully saturated rings. The molecule has 4 nitrogen and oxygen atoms in total. The van der Waals surface area contributed by atoms with Gasteiger partial charge in [-0.25, -0.2) is 0 Å². The molecule has 1 aliphatic heterocycles. The normalized spacial score (nSPS) is 19.6. The maximum atomic E-state index is 11.9. The number of piperazine rings is 1. The summed E-state index contributed by atoms with van der Waals surface area (Å²) in [5, 5.41) is 2.77. The fraction of sp³-hybridized carbons (Fsp3) is 0.231. The summed E-state index contributed by atoms with van der Waals surface area (Å²) < 4.78 is 0. The van der Waals surface area contributed by atoms with Gasteiger partial charge in [-0.2, -0.15) is 0 Å². The second kappa shape index (κ2) is 4.82. The molecule has 1 N–H and O–H groups in total. The molecular formula is C13H14N2O2. The van der Waals surface area contributed by atoms with Crippen LogP contribution in [0.5, 0.6) is 0 Å². The third-order valence-corrected chi connectivity index (χ3v) is 2.78. The van der Waals surface area contributed by atoms with Crippen molar-refractivity contribution in [1.29, 1.82) is 0 Å². The Balaban J connectivity index is 2.35. The number of carbonyl (C=O) groups is 2. The number of nitrogens with one attached hydrogen (secondary N) is 1. The first kappa shape index (κ1) is 11.4. The van der Waals surface area contributed by atoms with E-state index in [1.165, 1.54) is 6.08 Å². The predicted molar refractivity (Wildman–Crippen MR) is 64.1 cm³/mol. The Morgan fingerprint density at radius 2 is 2.12 bits per heavy atom. The lowest BCUT2D eigenvalue weighted by atomic mass is 10.0. The molecule has 1 aliphatic rings. The van der Waals surface area contributed by atoms with Crippen LogP contribution < -0.4 is 5.32 Å².